The average Bonchev–Trinajstić information content (AvgIpc) is 2.03. The van der Waals surface area contributed by atoms with Gasteiger partial charge in [0.25, 0.3) is 0 Å². The third-order valence-electron chi connectivity index (χ3n) is 2.59. The van der Waals surface area contributed by atoms with Gasteiger partial charge in [0, 0.05) is 25.2 Å². The number of carboxylic acid groups (broad SMARTS) is 1. The number of piperidine rings is 1. The number of aliphatic carboxylic acids is 1. The molecule has 3 N–H and O–H groups in total. The minimum atomic E-state index is -0.721. The van der Waals surface area contributed by atoms with Crippen LogP contribution in [0.2, 0.25) is 0 Å². The Hall–Kier alpha value is -0.610. The first kappa shape index (κ1) is 10.5. The van der Waals surface area contributed by atoms with E-state index in [-0.39, 0.29) is 12.0 Å². The zero-order valence-electron chi connectivity index (χ0n) is 8.23. The molecular formula is C9H18N2O2. The van der Waals surface area contributed by atoms with E-state index in [1.807, 2.05) is 0 Å². The topological polar surface area (TPSA) is 66.6 Å². The van der Waals surface area contributed by atoms with Gasteiger partial charge in [-0.2, -0.15) is 0 Å². The second-order valence-electron chi connectivity index (χ2n) is 4.08. The first-order valence-electron chi connectivity index (χ1n) is 4.73. The van der Waals surface area contributed by atoms with Gasteiger partial charge in [-0.25, -0.2) is 0 Å². The Balaban J connectivity index is 2.57. The van der Waals surface area contributed by atoms with Crippen LogP contribution in [0.3, 0.4) is 0 Å². The van der Waals surface area contributed by atoms with Crippen LogP contribution in [-0.2, 0) is 4.79 Å². The third kappa shape index (κ3) is 2.67. The summed E-state index contributed by atoms with van der Waals surface area (Å²) in [6, 6.07) is 0.394. The van der Waals surface area contributed by atoms with Crippen LogP contribution in [-0.4, -0.2) is 41.1 Å². The van der Waals surface area contributed by atoms with Crippen molar-refractivity contribution >= 4 is 5.97 Å². The number of nitrogens with zero attached hydrogens (tertiary/aromatic N) is 1. The van der Waals surface area contributed by atoms with Gasteiger partial charge >= 0.3 is 5.97 Å². The van der Waals surface area contributed by atoms with Crippen LogP contribution in [0.25, 0.3) is 0 Å². The molecule has 0 spiro atoms. The van der Waals surface area contributed by atoms with Crippen LogP contribution in [0.4, 0.5) is 0 Å². The van der Waals surface area contributed by atoms with Gasteiger partial charge in [-0.05, 0) is 20.3 Å². The minimum Gasteiger partial charge on any atom is -0.481 e. The van der Waals surface area contributed by atoms with E-state index in [1.54, 1.807) is 0 Å². The van der Waals surface area contributed by atoms with Crippen LogP contribution in [0, 0.1) is 5.92 Å². The molecule has 0 bridgehead atoms. The predicted octanol–water partition coefficient (Wildman–Crippen LogP) is 0.129. The summed E-state index contributed by atoms with van der Waals surface area (Å²) in [6.07, 6.45) is 0.610. The molecule has 0 aromatic carbocycles. The van der Waals surface area contributed by atoms with Crippen LogP contribution in [0.1, 0.15) is 20.3 Å². The maximum absolute atomic E-state index is 10.8. The minimum absolute atomic E-state index is 0.0113. The quantitative estimate of drug-likeness (QED) is 0.643. The summed E-state index contributed by atoms with van der Waals surface area (Å²) in [5.74, 6) is -1.01. The second-order valence-corrected chi connectivity index (χ2v) is 4.08. The second kappa shape index (κ2) is 4.07. The van der Waals surface area contributed by atoms with E-state index in [9.17, 15) is 4.79 Å². The van der Waals surface area contributed by atoms with E-state index in [0.29, 0.717) is 19.0 Å². The lowest BCUT2D eigenvalue weighted by Gasteiger charge is -2.36. The molecule has 0 amide bonds. The molecule has 1 fully saturated rings. The number of hydrogen-bond acceptors (Lipinski definition) is 3. The molecule has 76 valence electrons. The van der Waals surface area contributed by atoms with Gasteiger partial charge < -0.3 is 10.8 Å². The Morgan fingerprint density at radius 1 is 1.54 bits per heavy atom. The molecule has 2 atom stereocenters. The Morgan fingerprint density at radius 3 is 2.62 bits per heavy atom. The average molecular weight is 186 g/mol. The molecule has 0 aliphatic carbocycles. The van der Waals surface area contributed by atoms with Crippen LogP contribution in [0.15, 0.2) is 0 Å². The highest BCUT2D eigenvalue weighted by Crippen LogP contribution is 2.17. The van der Waals surface area contributed by atoms with E-state index < -0.39 is 5.97 Å². The summed E-state index contributed by atoms with van der Waals surface area (Å²) in [4.78, 5) is 12.9. The fourth-order valence-electron chi connectivity index (χ4n) is 1.77. The summed E-state index contributed by atoms with van der Waals surface area (Å²) in [5, 5.41) is 8.87. The van der Waals surface area contributed by atoms with Gasteiger partial charge in [-0.1, -0.05) is 0 Å². The normalized spacial score (nSPS) is 30.8. The molecule has 4 nitrogen and oxygen atoms in total. The highest BCUT2D eigenvalue weighted by Gasteiger charge is 2.30. The summed E-state index contributed by atoms with van der Waals surface area (Å²) in [6.45, 7) is 5.59. The van der Waals surface area contributed by atoms with E-state index >= 15 is 0 Å². The number of rotatable bonds is 2. The molecule has 2 unspecified atom stereocenters. The van der Waals surface area contributed by atoms with Crippen molar-refractivity contribution < 1.29 is 9.90 Å². The maximum Gasteiger partial charge on any atom is 0.307 e. The Morgan fingerprint density at radius 2 is 2.15 bits per heavy atom. The SMILES string of the molecule is CC(C)N1CC(N)CC(C(=O)O)C1. The summed E-state index contributed by atoms with van der Waals surface area (Å²) in [7, 11) is 0. The summed E-state index contributed by atoms with van der Waals surface area (Å²) < 4.78 is 0. The van der Waals surface area contributed by atoms with Crippen LogP contribution in [0.5, 0.6) is 0 Å². The highest BCUT2D eigenvalue weighted by atomic mass is 16.4. The Kier molecular flexibility index (Phi) is 3.27. The number of hydrogen-bond donors (Lipinski definition) is 2. The maximum atomic E-state index is 10.8. The fraction of sp³-hybridized carbons (Fsp3) is 0.889. The standard InChI is InChI=1S/C9H18N2O2/c1-6(2)11-4-7(9(12)13)3-8(10)5-11/h6-8H,3-5,10H2,1-2H3,(H,12,13). The molecule has 0 aromatic rings. The van der Waals surface area contributed by atoms with Crippen molar-refractivity contribution in [3.63, 3.8) is 0 Å². The summed E-state index contributed by atoms with van der Waals surface area (Å²) in [5.41, 5.74) is 5.79. The van der Waals surface area contributed by atoms with Crippen molar-refractivity contribution in [1.29, 1.82) is 0 Å². The Labute approximate surface area is 78.7 Å². The fourth-order valence-corrected chi connectivity index (χ4v) is 1.77. The van der Waals surface area contributed by atoms with Crippen molar-refractivity contribution in [2.45, 2.75) is 32.4 Å². The van der Waals surface area contributed by atoms with Crippen molar-refractivity contribution in [2.24, 2.45) is 11.7 Å². The molecule has 1 rings (SSSR count). The van der Waals surface area contributed by atoms with Gasteiger partial charge in [0.05, 0.1) is 5.92 Å². The molecule has 4 heteroatoms. The monoisotopic (exact) mass is 186 g/mol. The lowest BCUT2D eigenvalue weighted by molar-refractivity contribution is -0.144. The first-order chi connectivity index (χ1) is 6.00. The number of nitrogens with two attached hydrogens (primary N) is 1. The number of carbonyl (C=O) groups is 1. The van der Waals surface area contributed by atoms with Crippen molar-refractivity contribution in [3.05, 3.63) is 0 Å². The molecule has 1 aliphatic rings. The highest BCUT2D eigenvalue weighted by molar-refractivity contribution is 5.70. The molecular weight excluding hydrogens is 168 g/mol. The third-order valence-corrected chi connectivity index (χ3v) is 2.59. The van der Waals surface area contributed by atoms with Crippen molar-refractivity contribution in [1.82, 2.24) is 4.90 Å². The first-order valence-corrected chi connectivity index (χ1v) is 4.73. The van der Waals surface area contributed by atoms with Crippen molar-refractivity contribution in [2.75, 3.05) is 13.1 Å². The van der Waals surface area contributed by atoms with Crippen LogP contribution < -0.4 is 5.73 Å². The van der Waals surface area contributed by atoms with Gasteiger partial charge in [0.1, 0.15) is 0 Å². The molecule has 13 heavy (non-hydrogen) atoms. The van der Waals surface area contributed by atoms with E-state index in [0.717, 1.165) is 6.54 Å². The van der Waals surface area contributed by atoms with Crippen molar-refractivity contribution in [3.8, 4) is 0 Å². The van der Waals surface area contributed by atoms with Gasteiger partial charge in [0.15, 0.2) is 0 Å². The molecule has 1 heterocycles. The lowest BCUT2D eigenvalue weighted by atomic mass is 9.94. The van der Waals surface area contributed by atoms with Gasteiger partial charge in [-0.3, -0.25) is 9.69 Å². The van der Waals surface area contributed by atoms with E-state index in [4.69, 9.17) is 10.8 Å². The number of carboxylic acids is 1. The zero-order valence-corrected chi connectivity index (χ0v) is 8.23. The molecule has 1 saturated heterocycles. The van der Waals surface area contributed by atoms with Crippen LogP contribution >= 0.6 is 0 Å². The van der Waals surface area contributed by atoms with Gasteiger partial charge in [0.2, 0.25) is 0 Å². The molecule has 0 radical (unpaired) electrons. The number of likely N-dealkylation sites (tertiary alicyclic amines) is 1. The lowest BCUT2D eigenvalue weighted by Crippen LogP contribution is -2.51. The largest absolute Gasteiger partial charge is 0.481 e. The molecule has 1 aliphatic heterocycles. The molecule has 0 aromatic heterocycles. The molecule has 0 saturated carbocycles. The predicted molar refractivity (Wildman–Crippen MR) is 50.4 cm³/mol. The van der Waals surface area contributed by atoms with E-state index in [1.165, 1.54) is 0 Å². The Bertz CT molecular complexity index is 194. The smallest absolute Gasteiger partial charge is 0.307 e. The van der Waals surface area contributed by atoms with E-state index in [2.05, 4.69) is 18.7 Å². The zero-order chi connectivity index (χ0) is 10.0. The summed E-state index contributed by atoms with van der Waals surface area (Å²) >= 11 is 0. The van der Waals surface area contributed by atoms with Gasteiger partial charge in [-0.15, -0.1) is 0 Å².